The minimum atomic E-state index is -0.143. The zero-order valence-electron chi connectivity index (χ0n) is 8.02. The maximum atomic E-state index is 11.7. The van der Waals surface area contributed by atoms with Crippen LogP contribution in [0, 0.1) is 0 Å². The Bertz CT molecular complexity index is 345. The van der Waals surface area contributed by atoms with Crippen LogP contribution in [0.2, 0.25) is 0 Å². The largest absolute Gasteiger partial charge is 0.378 e. The number of nitrogens with zero attached hydrogens (tertiary/aromatic N) is 1. The molecule has 1 aliphatic heterocycles. The van der Waals surface area contributed by atoms with Crippen molar-refractivity contribution in [2.75, 3.05) is 13.2 Å². The first-order valence-corrected chi connectivity index (χ1v) is 5.14. The highest BCUT2D eigenvalue weighted by Crippen LogP contribution is 2.12. The van der Waals surface area contributed by atoms with E-state index >= 15 is 0 Å². The van der Waals surface area contributed by atoms with Crippen molar-refractivity contribution in [2.45, 2.75) is 11.4 Å². The van der Waals surface area contributed by atoms with Crippen LogP contribution in [0.4, 0.5) is 0 Å². The lowest BCUT2D eigenvalue weighted by atomic mass is 10.2. The van der Waals surface area contributed by atoms with Crippen LogP contribution in [0.15, 0.2) is 24.5 Å². The number of hydrogen-bond donors (Lipinski definition) is 1. The highest BCUT2D eigenvalue weighted by Gasteiger charge is 2.27. The number of pyridine rings is 1. The number of nitrogens with one attached hydrogen (secondary N) is 1. The van der Waals surface area contributed by atoms with Crippen LogP contribution in [0.5, 0.6) is 0 Å². The van der Waals surface area contributed by atoms with Gasteiger partial charge in [-0.2, -0.15) is 0 Å². The summed E-state index contributed by atoms with van der Waals surface area (Å²) in [4.78, 5) is 15.5. The minimum absolute atomic E-state index is 0.104. The Morgan fingerprint density at radius 1 is 1.47 bits per heavy atom. The van der Waals surface area contributed by atoms with Crippen molar-refractivity contribution in [1.82, 2.24) is 10.3 Å². The summed E-state index contributed by atoms with van der Waals surface area (Å²) in [6, 6.07) is 3.22. The number of carbonyl (C=O) groups excluding carboxylic acids is 1. The molecule has 80 valence electrons. The molecule has 15 heavy (non-hydrogen) atoms. The molecule has 1 aliphatic rings. The number of alkyl halides is 1. The van der Waals surface area contributed by atoms with Gasteiger partial charge < -0.3 is 10.1 Å². The molecule has 5 heteroatoms. The molecule has 1 aromatic rings. The number of aromatic nitrogens is 1. The van der Waals surface area contributed by atoms with Crippen LogP contribution < -0.4 is 5.32 Å². The van der Waals surface area contributed by atoms with E-state index in [1.807, 2.05) is 0 Å². The lowest BCUT2D eigenvalue weighted by molar-refractivity contribution is 0.0930. The quantitative estimate of drug-likeness (QED) is 0.760. The van der Waals surface area contributed by atoms with Crippen LogP contribution in [0.25, 0.3) is 0 Å². The Hall–Kier alpha value is -1.13. The van der Waals surface area contributed by atoms with Gasteiger partial charge in [0, 0.05) is 18.0 Å². The minimum Gasteiger partial charge on any atom is -0.378 e. The molecule has 0 bridgehead atoms. The Morgan fingerprint density at radius 3 is 2.80 bits per heavy atom. The van der Waals surface area contributed by atoms with Crippen molar-refractivity contribution in [3.05, 3.63) is 30.1 Å². The normalized spacial score (nSPS) is 25.1. The Labute approximate surface area is 92.6 Å². The molecule has 2 unspecified atom stereocenters. The van der Waals surface area contributed by atoms with Crippen molar-refractivity contribution >= 4 is 17.5 Å². The molecule has 4 nitrogen and oxygen atoms in total. The lowest BCUT2D eigenvalue weighted by Gasteiger charge is -2.13. The molecule has 1 saturated heterocycles. The van der Waals surface area contributed by atoms with Crippen LogP contribution >= 0.6 is 11.6 Å². The van der Waals surface area contributed by atoms with Gasteiger partial charge >= 0.3 is 0 Å². The Morgan fingerprint density at radius 2 is 2.20 bits per heavy atom. The van der Waals surface area contributed by atoms with E-state index in [0.29, 0.717) is 18.8 Å². The summed E-state index contributed by atoms with van der Waals surface area (Å²) in [5.41, 5.74) is 0.584. The third-order valence-electron chi connectivity index (χ3n) is 2.27. The van der Waals surface area contributed by atoms with Gasteiger partial charge in [0.05, 0.1) is 24.6 Å². The second-order valence-corrected chi connectivity index (χ2v) is 3.93. The van der Waals surface area contributed by atoms with Gasteiger partial charge in [-0.05, 0) is 12.1 Å². The van der Waals surface area contributed by atoms with Gasteiger partial charge in [-0.3, -0.25) is 9.78 Å². The number of carbonyl (C=O) groups is 1. The van der Waals surface area contributed by atoms with E-state index < -0.39 is 0 Å². The molecular weight excluding hydrogens is 216 g/mol. The zero-order valence-corrected chi connectivity index (χ0v) is 8.78. The predicted octanol–water partition coefficient (Wildman–Crippen LogP) is 0.818. The summed E-state index contributed by atoms with van der Waals surface area (Å²) < 4.78 is 5.15. The fourth-order valence-corrected chi connectivity index (χ4v) is 1.64. The zero-order chi connectivity index (χ0) is 10.7. The van der Waals surface area contributed by atoms with Crippen molar-refractivity contribution in [3.63, 3.8) is 0 Å². The van der Waals surface area contributed by atoms with Gasteiger partial charge in [0.25, 0.3) is 5.91 Å². The topological polar surface area (TPSA) is 51.2 Å². The maximum absolute atomic E-state index is 11.7. The number of ether oxygens (including phenoxy) is 1. The van der Waals surface area contributed by atoms with E-state index in [4.69, 9.17) is 16.3 Å². The molecule has 1 N–H and O–H groups in total. The van der Waals surface area contributed by atoms with Crippen molar-refractivity contribution in [2.24, 2.45) is 0 Å². The third-order valence-corrected chi connectivity index (χ3v) is 2.70. The molecular formula is C10H11ClN2O2. The highest BCUT2D eigenvalue weighted by atomic mass is 35.5. The summed E-state index contributed by atoms with van der Waals surface area (Å²) in [7, 11) is 0. The van der Waals surface area contributed by atoms with Crippen LogP contribution in [-0.4, -0.2) is 35.5 Å². The van der Waals surface area contributed by atoms with Crippen molar-refractivity contribution in [3.8, 4) is 0 Å². The molecule has 2 heterocycles. The fourth-order valence-electron chi connectivity index (χ4n) is 1.42. The predicted molar refractivity (Wildman–Crippen MR) is 56.0 cm³/mol. The SMILES string of the molecule is O=C(NC1COCC1Cl)c1ccncc1. The van der Waals surface area contributed by atoms with E-state index in [0.717, 1.165) is 0 Å². The molecule has 0 radical (unpaired) electrons. The second-order valence-electron chi connectivity index (χ2n) is 3.37. The van der Waals surface area contributed by atoms with E-state index in [-0.39, 0.29) is 17.3 Å². The van der Waals surface area contributed by atoms with Gasteiger partial charge in [0.1, 0.15) is 0 Å². The van der Waals surface area contributed by atoms with Crippen LogP contribution in [0.1, 0.15) is 10.4 Å². The first-order valence-electron chi connectivity index (χ1n) is 4.70. The lowest BCUT2D eigenvalue weighted by Crippen LogP contribution is -2.40. The van der Waals surface area contributed by atoms with E-state index in [9.17, 15) is 4.79 Å². The van der Waals surface area contributed by atoms with E-state index in [2.05, 4.69) is 10.3 Å². The third kappa shape index (κ3) is 2.46. The molecule has 0 aliphatic carbocycles. The summed E-state index contributed by atoms with van der Waals surface area (Å²) in [5, 5.41) is 2.68. The molecule has 0 aromatic carbocycles. The summed E-state index contributed by atoms with van der Waals surface area (Å²) >= 11 is 5.96. The van der Waals surface area contributed by atoms with E-state index in [1.54, 1.807) is 24.5 Å². The number of halogens is 1. The summed E-state index contributed by atoms with van der Waals surface area (Å²) in [5.74, 6) is -0.140. The number of amides is 1. The average molecular weight is 227 g/mol. The maximum Gasteiger partial charge on any atom is 0.251 e. The molecule has 1 amide bonds. The highest BCUT2D eigenvalue weighted by molar-refractivity contribution is 6.21. The van der Waals surface area contributed by atoms with Crippen molar-refractivity contribution in [1.29, 1.82) is 0 Å². The summed E-state index contributed by atoms with van der Waals surface area (Å²) in [6.45, 7) is 0.966. The van der Waals surface area contributed by atoms with E-state index in [1.165, 1.54) is 0 Å². The number of hydrogen-bond acceptors (Lipinski definition) is 3. The molecule has 1 aromatic heterocycles. The fraction of sp³-hybridized carbons (Fsp3) is 0.400. The van der Waals surface area contributed by atoms with Gasteiger partial charge in [0.15, 0.2) is 0 Å². The number of rotatable bonds is 2. The Kier molecular flexibility index (Phi) is 3.18. The molecule has 0 saturated carbocycles. The first kappa shape index (κ1) is 10.4. The Balaban J connectivity index is 1.98. The van der Waals surface area contributed by atoms with Crippen LogP contribution in [-0.2, 0) is 4.74 Å². The average Bonchev–Trinajstić information content (AvgIpc) is 2.66. The van der Waals surface area contributed by atoms with Crippen LogP contribution in [0.3, 0.4) is 0 Å². The first-order chi connectivity index (χ1) is 7.27. The van der Waals surface area contributed by atoms with Gasteiger partial charge in [-0.15, -0.1) is 11.6 Å². The smallest absolute Gasteiger partial charge is 0.251 e. The summed E-state index contributed by atoms with van der Waals surface area (Å²) in [6.07, 6.45) is 3.16. The van der Waals surface area contributed by atoms with Crippen molar-refractivity contribution < 1.29 is 9.53 Å². The molecule has 2 rings (SSSR count). The van der Waals surface area contributed by atoms with Gasteiger partial charge in [-0.25, -0.2) is 0 Å². The second kappa shape index (κ2) is 4.59. The molecule has 2 atom stereocenters. The standard InChI is InChI=1S/C10H11ClN2O2/c11-8-5-15-6-9(8)13-10(14)7-1-3-12-4-2-7/h1-4,8-9H,5-6H2,(H,13,14). The monoisotopic (exact) mass is 226 g/mol. The molecule has 1 fully saturated rings. The van der Waals surface area contributed by atoms with Gasteiger partial charge in [-0.1, -0.05) is 0 Å². The molecule has 0 spiro atoms. The van der Waals surface area contributed by atoms with Gasteiger partial charge in [0.2, 0.25) is 0 Å².